The number of hydrogen-bond acceptors (Lipinski definition) is 4. The van der Waals surface area contributed by atoms with Crippen molar-refractivity contribution in [2.75, 3.05) is 11.4 Å². The molecule has 128 valence electrons. The summed E-state index contributed by atoms with van der Waals surface area (Å²) in [7, 11) is 0. The number of aromatic nitrogens is 1. The van der Waals surface area contributed by atoms with Crippen molar-refractivity contribution in [3.05, 3.63) is 28.1 Å². The van der Waals surface area contributed by atoms with E-state index in [1.165, 1.54) is 4.88 Å². The molecular weight excluding hydrogens is 320 g/mol. The standard InChI is InChI=1S/C19H24N2O2S/c1-5-6-7-10-21-16-11-15(18-13(3)24-14(4)20-18)8-9-17(16)23-12(2)19(21)22/h8-9,11-12H,5-7,10H2,1-4H3. The third-order valence-electron chi connectivity index (χ3n) is 4.33. The predicted octanol–water partition coefficient (Wildman–Crippen LogP) is 4.73. The summed E-state index contributed by atoms with van der Waals surface area (Å²) >= 11 is 1.70. The van der Waals surface area contributed by atoms with Gasteiger partial charge < -0.3 is 9.64 Å². The van der Waals surface area contributed by atoms with Crippen LogP contribution < -0.4 is 9.64 Å². The predicted molar refractivity (Wildman–Crippen MR) is 99.0 cm³/mol. The van der Waals surface area contributed by atoms with Crippen LogP contribution in [-0.4, -0.2) is 23.5 Å². The van der Waals surface area contributed by atoms with E-state index in [1.54, 1.807) is 11.3 Å². The average molecular weight is 344 g/mol. The zero-order chi connectivity index (χ0) is 17.3. The average Bonchev–Trinajstić information content (AvgIpc) is 2.89. The second kappa shape index (κ2) is 6.93. The number of thiazole rings is 1. The van der Waals surface area contributed by atoms with Crippen LogP contribution in [0.5, 0.6) is 5.75 Å². The largest absolute Gasteiger partial charge is 0.479 e. The molecule has 1 amide bonds. The monoisotopic (exact) mass is 344 g/mol. The van der Waals surface area contributed by atoms with Gasteiger partial charge in [-0.25, -0.2) is 4.98 Å². The number of hydrogen-bond donors (Lipinski definition) is 0. The topological polar surface area (TPSA) is 42.4 Å². The van der Waals surface area contributed by atoms with E-state index >= 15 is 0 Å². The fourth-order valence-corrected chi connectivity index (χ4v) is 3.94. The lowest BCUT2D eigenvalue weighted by Gasteiger charge is -2.33. The minimum atomic E-state index is -0.423. The van der Waals surface area contributed by atoms with Crippen molar-refractivity contribution in [1.29, 1.82) is 0 Å². The van der Waals surface area contributed by atoms with Gasteiger partial charge in [-0.1, -0.05) is 19.8 Å². The molecule has 0 fully saturated rings. The van der Waals surface area contributed by atoms with Crippen molar-refractivity contribution >= 4 is 22.9 Å². The summed E-state index contributed by atoms with van der Waals surface area (Å²) < 4.78 is 5.80. The van der Waals surface area contributed by atoms with Crippen LogP contribution in [0.4, 0.5) is 5.69 Å². The lowest BCUT2D eigenvalue weighted by Crippen LogP contribution is -2.44. The molecule has 1 aromatic heterocycles. The molecule has 1 unspecified atom stereocenters. The summed E-state index contributed by atoms with van der Waals surface area (Å²) in [5, 5.41) is 1.06. The second-order valence-corrected chi connectivity index (χ2v) is 7.68. The van der Waals surface area contributed by atoms with Crippen molar-refractivity contribution < 1.29 is 9.53 Å². The van der Waals surface area contributed by atoms with Crippen LogP contribution in [0.2, 0.25) is 0 Å². The van der Waals surface area contributed by atoms with Gasteiger partial charge in [-0.15, -0.1) is 11.3 Å². The van der Waals surface area contributed by atoms with Crippen LogP contribution in [0.15, 0.2) is 18.2 Å². The number of anilines is 1. The van der Waals surface area contributed by atoms with Gasteiger partial charge in [0, 0.05) is 17.0 Å². The Morgan fingerprint density at radius 1 is 1.29 bits per heavy atom. The summed E-state index contributed by atoms with van der Waals surface area (Å²) in [5.41, 5.74) is 2.92. The number of rotatable bonds is 5. The maximum atomic E-state index is 12.6. The minimum absolute atomic E-state index is 0.0435. The first-order valence-corrected chi connectivity index (χ1v) is 9.39. The van der Waals surface area contributed by atoms with E-state index in [2.05, 4.69) is 18.8 Å². The molecule has 0 N–H and O–H groups in total. The summed E-state index contributed by atoms with van der Waals surface area (Å²) in [6, 6.07) is 6.05. The summed E-state index contributed by atoms with van der Waals surface area (Å²) in [4.78, 5) is 20.3. The molecule has 4 nitrogen and oxygen atoms in total. The lowest BCUT2D eigenvalue weighted by molar-refractivity contribution is -0.125. The molecule has 1 aromatic carbocycles. The molecule has 0 spiro atoms. The van der Waals surface area contributed by atoms with Gasteiger partial charge in [-0.3, -0.25) is 4.79 Å². The van der Waals surface area contributed by atoms with E-state index in [-0.39, 0.29) is 5.91 Å². The van der Waals surface area contributed by atoms with E-state index in [4.69, 9.17) is 4.74 Å². The number of benzene rings is 1. The number of carbonyl (C=O) groups is 1. The molecule has 1 atom stereocenters. The number of unbranched alkanes of at least 4 members (excludes halogenated alkanes) is 2. The highest BCUT2D eigenvalue weighted by molar-refractivity contribution is 7.11. The molecule has 0 radical (unpaired) electrons. The van der Waals surface area contributed by atoms with E-state index < -0.39 is 6.10 Å². The van der Waals surface area contributed by atoms with Crippen molar-refractivity contribution in [3.63, 3.8) is 0 Å². The third kappa shape index (κ3) is 3.18. The Balaban J connectivity index is 1.99. The molecule has 1 aliphatic rings. The van der Waals surface area contributed by atoms with E-state index in [1.807, 2.05) is 36.9 Å². The third-order valence-corrected chi connectivity index (χ3v) is 5.22. The number of carbonyl (C=O) groups excluding carboxylic acids is 1. The van der Waals surface area contributed by atoms with Gasteiger partial charge in [0.2, 0.25) is 0 Å². The van der Waals surface area contributed by atoms with Crippen LogP contribution in [0, 0.1) is 13.8 Å². The van der Waals surface area contributed by atoms with Crippen molar-refractivity contribution in [1.82, 2.24) is 4.98 Å². The fraction of sp³-hybridized carbons (Fsp3) is 0.474. The minimum Gasteiger partial charge on any atom is -0.479 e. The molecule has 5 heteroatoms. The van der Waals surface area contributed by atoms with E-state index in [0.717, 1.165) is 53.5 Å². The van der Waals surface area contributed by atoms with Gasteiger partial charge in [0.15, 0.2) is 6.10 Å². The maximum Gasteiger partial charge on any atom is 0.267 e. The Morgan fingerprint density at radius 3 is 2.75 bits per heavy atom. The van der Waals surface area contributed by atoms with Gasteiger partial charge in [-0.2, -0.15) is 0 Å². The molecule has 0 aliphatic carbocycles. The fourth-order valence-electron chi connectivity index (χ4n) is 3.10. The number of nitrogens with zero attached hydrogens (tertiary/aromatic N) is 2. The van der Waals surface area contributed by atoms with Crippen LogP contribution in [0.3, 0.4) is 0 Å². The first kappa shape index (κ1) is 17.0. The van der Waals surface area contributed by atoms with Crippen LogP contribution in [0.25, 0.3) is 11.3 Å². The number of fused-ring (bicyclic) bond motifs is 1. The van der Waals surface area contributed by atoms with Gasteiger partial charge in [0.05, 0.1) is 16.4 Å². The first-order chi connectivity index (χ1) is 11.5. The second-order valence-electron chi connectivity index (χ2n) is 6.28. The van der Waals surface area contributed by atoms with E-state index in [9.17, 15) is 4.79 Å². The molecule has 2 aromatic rings. The molecule has 0 saturated carbocycles. The summed E-state index contributed by atoms with van der Waals surface area (Å²) in [5.74, 6) is 0.828. The van der Waals surface area contributed by atoms with Gasteiger partial charge in [0.25, 0.3) is 5.91 Å². The molecule has 0 bridgehead atoms. The van der Waals surface area contributed by atoms with Crippen LogP contribution in [0.1, 0.15) is 43.0 Å². The van der Waals surface area contributed by atoms with Crippen LogP contribution in [-0.2, 0) is 4.79 Å². The van der Waals surface area contributed by atoms with Gasteiger partial charge in [0.1, 0.15) is 5.75 Å². The number of aryl methyl sites for hydroxylation is 2. The summed E-state index contributed by atoms with van der Waals surface area (Å²) in [6.07, 6.45) is 2.85. The Labute approximate surface area is 147 Å². The Hall–Kier alpha value is -1.88. The number of amides is 1. The highest BCUT2D eigenvalue weighted by atomic mass is 32.1. The Morgan fingerprint density at radius 2 is 2.08 bits per heavy atom. The summed E-state index contributed by atoms with van der Waals surface area (Å²) in [6.45, 7) is 8.84. The Bertz CT molecular complexity index is 754. The van der Waals surface area contributed by atoms with E-state index in [0.29, 0.717) is 0 Å². The smallest absolute Gasteiger partial charge is 0.267 e. The molecular formula is C19H24N2O2S. The Kier molecular flexibility index (Phi) is 4.90. The van der Waals surface area contributed by atoms with Crippen molar-refractivity contribution in [2.24, 2.45) is 0 Å². The maximum absolute atomic E-state index is 12.6. The molecule has 2 heterocycles. The van der Waals surface area contributed by atoms with Gasteiger partial charge >= 0.3 is 0 Å². The molecule has 0 saturated heterocycles. The highest BCUT2D eigenvalue weighted by Gasteiger charge is 2.31. The van der Waals surface area contributed by atoms with Crippen molar-refractivity contribution in [2.45, 2.75) is 53.1 Å². The number of ether oxygens (including phenoxy) is 1. The van der Waals surface area contributed by atoms with Crippen LogP contribution >= 0.6 is 11.3 Å². The molecule has 24 heavy (non-hydrogen) atoms. The normalized spacial score (nSPS) is 16.9. The SMILES string of the molecule is CCCCCN1C(=O)C(C)Oc2ccc(-c3nc(C)sc3C)cc21. The first-order valence-electron chi connectivity index (χ1n) is 8.57. The highest BCUT2D eigenvalue weighted by Crippen LogP contribution is 2.38. The zero-order valence-electron chi connectivity index (χ0n) is 14.8. The molecule has 1 aliphatic heterocycles. The van der Waals surface area contributed by atoms with Gasteiger partial charge in [-0.05, 0) is 45.4 Å². The zero-order valence-corrected chi connectivity index (χ0v) is 15.6. The quantitative estimate of drug-likeness (QED) is 0.736. The molecule has 3 rings (SSSR count). The lowest BCUT2D eigenvalue weighted by atomic mass is 10.1. The van der Waals surface area contributed by atoms with Crippen molar-refractivity contribution in [3.8, 4) is 17.0 Å².